The predicted octanol–water partition coefficient (Wildman–Crippen LogP) is 3.59. The van der Waals surface area contributed by atoms with Gasteiger partial charge in [0, 0.05) is 31.1 Å². The van der Waals surface area contributed by atoms with Crippen LogP contribution >= 0.6 is 11.3 Å². The van der Waals surface area contributed by atoms with Crippen LogP contribution in [0.15, 0.2) is 41.8 Å². The molecule has 4 heterocycles. The molecule has 29 heavy (non-hydrogen) atoms. The number of urea groups is 1. The number of likely N-dealkylation sites (tertiary alicyclic amines) is 1. The number of benzene rings is 1. The van der Waals surface area contributed by atoms with Crippen LogP contribution in [0.25, 0.3) is 10.2 Å². The van der Waals surface area contributed by atoms with Crippen molar-refractivity contribution >= 4 is 33.8 Å². The van der Waals surface area contributed by atoms with E-state index in [9.17, 15) is 13.6 Å². The monoisotopic (exact) mass is 415 g/mol. The number of hydrogen-bond acceptors (Lipinski definition) is 6. The molecule has 2 aromatic heterocycles. The molecule has 0 aliphatic carbocycles. The van der Waals surface area contributed by atoms with Crippen LogP contribution in [0.1, 0.15) is 18.0 Å². The van der Waals surface area contributed by atoms with Gasteiger partial charge in [-0.1, -0.05) is 11.3 Å². The molecule has 7 nitrogen and oxygen atoms in total. The number of carbonyl (C=O) groups is 1. The minimum absolute atomic E-state index is 0.163. The highest BCUT2D eigenvalue weighted by molar-refractivity contribution is 7.20. The van der Waals surface area contributed by atoms with Crippen LogP contribution in [-0.2, 0) is 0 Å². The van der Waals surface area contributed by atoms with Gasteiger partial charge in [-0.2, -0.15) is 5.10 Å². The standard InChI is InChI=1S/C19H15F2N5O2S/c20-12-5-11(6-13(21)7-12)16-2-4-23-26(16)19(27)25-9-14(10-25)28-18-24-15-1-3-22-8-17(15)29-18/h1,3-8,14,16H,2,9-10H2. The van der Waals surface area contributed by atoms with E-state index in [2.05, 4.69) is 15.1 Å². The highest BCUT2D eigenvalue weighted by atomic mass is 32.1. The molecule has 2 aliphatic heterocycles. The lowest BCUT2D eigenvalue weighted by Crippen LogP contribution is -2.58. The second-order valence-corrected chi connectivity index (χ2v) is 7.84. The summed E-state index contributed by atoms with van der Waals surface area (Å²) in [6.45, 7) is 0.784. The van der Waals surface area contributed by atoms with Crippen molar-refractivity contribution in [2.45, 2.75) is 18.6 Å². The van der Waals surface area contributed by atoms with Gasteiger partial charge in [0.2, 0.25) is 0 Å². The Hall–Kier alpha value is -3.14. The van der Waals surface area contributed by atoms with E-state index in [1.54, 1.807) is 23.5 Å². The molecule has 1 fully saturated rings. The first kappa shape index (κ1) is 17.9. The highest BCUT2D eigenvalue weighted by Crippen LogP contribution is 2.32. The molecule has 0 saturated carbocycles. The number of pyridine rings is 1. The van der Waals surface area contributed by atoms with Crippen LogP contribution in [0, 0.1) is 11.6 Å². The molecule has 0 radical (unpaired) electrons. The summed E-state index contributed by atoms with van der Waals surface area (Å²) in [7, 11) is 0. The van der Waals surface area contributed by atoms with Gasteiger partial charge < -0.3 is 9.64 Å². The fourth-order valence-corrected chi connectivity index (χ4v) is 4.26. The predicted molar refractivity (Wildman–Crippen MR) is 103 cm³/mol. The van der Waals surface area contributed by atoms with Crippen LogP contribution in [0.2, 0.25) is 0 Å². The smallest absolute Gasteiger partial charge is 0.341 e. The Kier molecular flexibility index (Phi) is 4.35. The maximum absolute atomic E-state index is 13.6. The van der Waals surface area contributed by atoms with Gasteiger partial charge in [0.15, 0.2) is 0 Å². The van der Waals surface area contributed by atoms with Crippen LogP contribution in [0.3, 0.4) is 0 Å². The third kappa shape index (κ3) is 3.39. The number of carbonyl (C=O) groups excluding carboxylic acids is 1. The number of rotatable bonds is 3. The average molecular weight is 415 g/mol. The molecule has 3 aromatic rings. The van der Waals surface area contributed by atoms with Crippen LogP contribution < -0.4 is 4.74 Å². The number of fused-ring (bicyclic) bond motifs is 1. The Morgan fingerprint density at radius 1 is 1.21 bits per heavy atom. The molecule has 10 heteroatoms. The quantitative estimate of drug-likeness (QED) is 0.656. The lowest BCUT2D eigenvalue weighted by molar-refractivity contribution is 0.0277. The fraction of sp³-hybridized carbons (Fsp3) is 0.263. The van der Waals surface area contributed by atoms with Gasteiger partial charge in [0.25, 0.3) is 5.19 Å². The van der Waals surface area contributed by atoms with Gasteiger partial charge in [-0.3, -0.25) is 4.98 Å². The Morgan fingerprint density at radius 3 is 2.76 bits per heavy atom. The van der Waals surface area contributed by atoms with Gasteiger partial charge in [-0.05, 0) is 23.8 Å². The van der Waals surface area contributed by atoms with Gasteiger partial charge in [0.05, 0.1) is 29.3 Å². The zero-order valence-corrected chi connectivity index (χ0v) is 15.9. The number of ether oxygens (including phenoxy) is 1. The van der Waals surface area contributed by atoms with Crippen molar-refractivity contribution in [3.63, 3.8) is 0 Å². The number of aromatic nitrogens is 2. The second kappa shape index (κ2) is 7.03. The van der Waals surface area contributed by atoms with Gasteiger partial charge in [-0.15, -0.1) is 0 Å². The van der Waals surface area contributed by atoms with E-state index in [0.717, 1.165) is 16.3 Å². The molecule has 1 aromatic carbocycles. The Morgan fingerprint density at radius 2 is 2.00 bits per heavy atom. The number of amides is 2. The number of halogens is 2. The summed E-state index contributed by atoms with van der Waals surface area (Å²) in [6.07, 6.45) is 5.23. The average Bonchev–Trinajstić information content (AvgIpc) is 3.29. The van der Waals surface area contributed by atoms with Crippen molar-refractivity contribution < 1.29 is 18.3 Å². The number of hydrazone groups is 1. The summed E-state index contributed by atoms with van der Waals surface area (Å²) in [5.41, 5.74) is 1.20. The van der Waals surface area contributed by atoms with Crippen molar-refractivity contribution in [1.82, 2.24) is 19.9 Å². The van der Waals surface area contributed by atoms with E-state index in [0.29, 0.717) is 30.3 Å². The number of nitrogens with zero attached hydrogens (tertiary/aromatic N) is 5. The van der Waals surface area contributed by atoms with Crippen LogP contribution in [-0.4, -0.2) is 51.3 Å². The van der Waals surface area contributed by atoms with Crippen molar-refractivity contribution in [3.05, 3.63) is 53.9 Å². The van der Waals surface area contributed by atoms with E-state index < -0.39 is 17.7 Å². The van der Waals surface area contributed by atoms with E-state index >= 15 is 0 Å². The summed E-state index contributed by atoms with van der Waals surface area (Å²) < 4.78 is 33.9. The third-order valence-electron chi connectivity index (χ3n) is 4.85. The summed E-state index contributed by atoms with van der Waals surface area (Å²) in [5, 5.41) is 5.92. The van der Waals surface area contributed by atoms with Crippen molar-refractivity contribution in [2.75, 3.05) is 13.1 Å². The molecular weight excluding hydrogens is 400 g/mol. The van der Waals surface area contributed by atoms with E-state index in [4.69, 9.17) is 4.74 Å². The first-order valence-corrected chi connectivity index (χ1v) is 9.82. The molecule has 5 rings (SSSR count). The molecular formula is C19H15F2N5O2S. The Balaban J connectivity index is 1.23. The van der Waals surface area contributed by atoms with Gasteiger partial charge in [0.1, 0.15) is 17.7 Å². The maximum atomic E-state index is 13.6. The molecule has 148 valence electrons. The summed E-state index contributed by atoms with van der Waals surface area (Å²) >= 11 is 1.41. The molecule has 1 atom stereocenters. The first-order valence-electron chi connectivity index (χ1n) is 9.00. The van der Waals surface area contributed by atoms with E-state index in [1.165, 1.54) is 28.5 Å². The van der Waals surface area contributed by atoms with Crippen molar-refractivity contribution in [1.29, 1.82) is 0 Å². The highest BCUT2D eigenvalue weighted by Gasteiger charge is 2.39. The SMILES string of the molecule is O=C(N1CC(Oc2nc3ccncc3s2)C1)N1N=CCC1c1cc(F)cc(F)c1. The molecule has 0 spiro atoms. The minimum Gasteiger partial charge on any atom is -0.463 e. The lowest BCUT2D eigenvalue weighted by Gasteiger charge is -2.40. The number of thiazole rings is 1. The van der Waals surface area contributed by atoms with Crippen LogP contribution in [0.4, 0.5) is 13.6 Å². The van der Waals surface area contributed by atoms with Crippen LogP contribution in [0.5, 0.6) is 5.19 Å². The van der Waals surface area contributed by atoms with Crippen molar-refractivity contribution in [2.24, 2.45) is 5.10 Å². The molecule has 2 aliphatic rings. The zero-order valence-electron chi connectivity index (χ0n) is 15.0. The molecule has 0 N–H and O–H groups in total. The minimum atomic E-state index is -0.678. The van der Waals surface area contributed by atoms with Gasteiger partial charge >= 0.3 is 6.03 Å². The lowest BCUT2D eigenvalue weighted by atomic mass is 10.0. The zero-order chi connectivity index (χ0) is 20.0. The first-order chi connectivity index (χ1) is 14.1. The van der Waals surface area contributed by atoms with E-state index in [1.807, 2.05) is 6.07 Å². The Labute approximate surface area is 168 Å². The molecule has 2 amide bonds. The van der Waals surface area contributed by atoms with Gasteiger partial charge in [-0.25, -0.2) is 23.6 Å². The third-order valence-corrected chi connectivity index (χ3v) is 5.75. The number of hydrogen-bond donors (Lipinski definition) is 0. The molecule has 1 unspecified atom stereocenters. The molecule has 1 saturated heterocycles. The topological polar surface area (TPSA) is 70.9 Å². The largest absolute Gasteiger partial charge is 0.463 e. The van der Waals surface area contributed by atoms with E-state index in [-0.39, 0.29) is 12.1 Å². The summed E-state index contributed by atoms with van der Waals surface area (Å²) in [5.74, 6) is -1.36. The second-order valence-electron chi connectivity index (χ2n) is 6.85. The summed E-state index contributed by atoms with van der Waals surface area (Å²) in [4.78, 5) is 22.8. The molecule has 0 bridgehead atoms. The maximum Gasteiger partial charge on any atom is 0.341 e. The normalized spacial score (nSPS) is 19.0. The summed E-state index contributed by atoms with van der Waals surface area (Å²) in [6, 6.07) is 4.24. The fourth-order valence-electron chi connectivity index (χ4n) is 3.41. The Bertz CT molecular complexity index is 1060. The van der Waals surface area contributed by atoms with Crippen molar-refractivity contribution in [3.8, 4) is 5.19 Å².